The number of nitrogens with zero attached hydrogens (tertiary/aromatic N) is 3. The summed E-state index contributed by atoms with van der Waals surface area (Å²) in [5, 5.41) is 23.7. The summed E-state index contributed by atoms with van der Waals surface area (Å²) in [7, 11) is -4.13. The molecule has 3 saturated heterocycles. The summed E-state index contributed by atoms with van der Waals surface area (Å²) >= 11 is 0. The minimum atomic E-state index is -3.02. The van der Waals surface area contributed by atoms with Gasteiger partial charge in [0.2, 0.25) is 11.8 Å². The molecule has 9 nitrogen and oxygen atoms in total. The minimum Gasteiger partial charge on any atom is -0.508 e. The SMILES string of the molecule is CC(C)(C)[Si](OCC1=C2[C@@H](CC/C(=C/c3ccc(O)cc3)c3ccccn3)OB(O)C[C@@H]2[C@@H]2C(=O)N(C3CCN(Cc4ccccc4)CC3)C(=O)[C@@H]2C1)(c1ccccc1)c1ccccc1. The second-order valence-corrected chi connectivity index (χ2v) is 23.6. The van der Waals surface area contributed by atoms with Gasteiger partial charge in [0.1, 0.15) is 5.75 Å². The zero-order valence-corrected chi connectivity index (χ0v) is 38.8. The van der Waals surface area contributed by atoms with E-state index >= 15 is 0 Å². The summed E-state index contributed by atoms with van der Waals surface area (Å²) < 4.78 is 14.2. The Morgan fingerprint density at radius 3 is 2.08 bits per heavy atom. The number of hydrogen-bond donors (Lipinski definition) is 2. The predicted molar refractivity (Wildman–Crippen MR) is 259 cm³/mol. The first-order valence-corrected chi connectivity index (χ1v) is 25.3. The average molecular weight is 886 g/mol. The van der Waals surface area contributed by atoms with Gasteiger partial charge in [0.25, 0.3) is 8.32 Å². The van der Waals surface area contributed by atoms with E-state index in [4.69, 9.17) is 14.1 Å². The summed E-state index contributed by atoms with van der Waals surface area (Å²) in [5.74, 6) is -1.51. The lowest BCUT2D eigenvalue weighted by atomic mass is 9.58. The van der Waals surface area contributed by atoms with Crippen LogP contribution >= 0.6 is 0 Å². The molecule has 5 aromatic rings. The Hall–Kier alpha value is -5.43. The molecule has 4 heterocycles. The molecule has 4 atom stereocenters. The van der Waals surface area contributed by atoms with E-state index in [2.05, 4.69) is 105 Å². The van der Waals surface area contributed by atoms with Gasteiger partial charge >= 0.3 is 7.12 Å². The molecule has 2 N–H and O–H groups in total. The van der Waals surface area contributed by atoms with Gasteiger partial charge in [0.15, 0.2) is 0 Å². The molecule has 0 spiro atoms. The summed E-state index contributed by atoms with van der Waals surface area (Å²) in [6.45, 7) is 9.52. The Labute approximate surface area is 385 Å². The van der Waals surface area contributed by atoms with Crippen LogP contribution in [-0.4, -0.2) is 84.0 Å². The fraction of sp³-hybridized carbons (Fsp3) is 0.352. The first kappa shape index (κ1) is 44.8. The summed E-state index contributed by atoms with van der Waals surface area (Å²) in [6, 6.07) is 44.4. The number of phenolic OH excluding ortho intramolecular Hbond substituents is 1. The third-order valence-corrected chi connectivity index (χ3v) is 19.3. The van der Waals surface area contributed by atoms with Crippen LogP contribution < -0.4 is 10.4 Å². The number of carbonyl (C=O) groups is 2. The number of carbonyl (C=O) groups excluding carboxylic acids is 2. The van der Waals surface area contributed by atoms with Crippen LogP contribution in [-0.2, 0) is 25.2 Å². The number of aromatic nitrogens is 1. The van der Waals surface area contributed by atoms with Crippen molar-refractivity contribution < 1.29 is 28.8 Å². The number of phenols is 1. The molecule has 9 rings (SSSR count). The topological polar surface area (TPSA) is 112 Å². The smallest absolute Gasteiger partial charge is 0.455 e. The monoisotopic (exact) mass is 885 g/mol. The fourth-order valence-corrected chi connectivity index (χ4v) is 15.8. The normalized spacial score (nSPS) is 22.3. The van der Waals surface area contributed by atoms with Gasteiger partial charge in [-0.1, -0.05) is 130 Å². The van der Waals surface area contributed by atoms with Crippen molar-refractivity contribution in [1.82, 2.24) is 14.8 Å². The van der Waals surface area contributed by atoms with E-state index in [9.17, 15) is 19.7 Å². The van der Waals surface area contributed by atoms with E-state index in [0.717, 1.165) is 70.8 Å². The highest BCUT2D eigenvalue weighted by atomic mass is 28.4. The maximum atomic E-state index is 15.0. The van der Waals surface area contributed by atoms with Gasteiger partial charge in [0.05, 0.1) is 30.2 Å². The highest BCUT2D eigenvalue weighted by Gasteiger charge is 2.59. The van der Waals surface area contributed by atoms with Gasteiger partial charge in [-0.25, -0.2) is 0 Å². The van der Waals surface area contributed by atoms with Gasteiger partial charge in [-0.3, -0.25) is 24.4 Å². The molecular formula is C54H60BN3O6Si. The molecule has 0 bridgehead atoms. The number of fused-ring (bicyclic) bond motifs is 3. The molecule has 4 aromatic carbocycles. The van der Waals surface area contributed by atoms with Crippen molar-refractivity contribution in [2.75, 3.05) is 19.7 Å². The van der Waals surface area contributed by atoms with Crippen LogP contribution in [0.4, 0.5) is 0 Å². The zero-order valence-electron chi connectivity index (χ0n) is 37.8. The summed E-state index contributed by atoms with van der Waals surface area (Å²) in [6.07, 6.45) is 6.49. The fourth-order valence-electron chi connectivity index (χ4n) is 11.3. The van der Waals surface area contributed by atoms with Crippen LogP contribution in [0.3, 0.4) is 0 Å². The lowest BCUT2D eigenvalue weighted by Gasteiger charge is -2.46. The first-order valence-electron chi connectivity index (χ1n) is 23.3. The molecule has 0 radical (unpaired) electrons. The number of amides is 2. The van der Waals surface area contributed by atoms with E-state index in [-0.39, 0.29) is 47.5 Å². The number of pyridine rings is 1. The maximum Gasteiger partial charge on any atom is 0.455 e. The average Bonchev–Trinajstić information content (AvgIpc) is 3.57. The van der Waals surface area contributed by atoms with E-state index in [1.807, 2.05) is 48.5 Å². The molecule has 4 aliphatic rings. The van der Waals surface area contributed by atoms with Gasteiger partial charge in [-0.2, -0.15) is 0 Å². The lowest BCUT2D eigenvalue weighted by molar-refractivity contribution is -0.144. The highest BCUT2D eigenvalue weighted by Crippen LogP contribution is 2.52. The van der Waals surface area contributed by atoms with Gasteiger partial charge in [-0.05, 0) is 118 Å². The molecule has 11 heteroatoms. The number of imide groups is 1. The minimum absolute atomic E-state index is 0.0877. The number of allylic oxidation sites excluding steroid dienone is 1. The van der Waals surface area contributed by atoms with Crippen LogP contribution in [0.5, 0.6) is 5.75 Å². The Morgan fingerprint density at radius 2 is 1.46 bits per heavy atom. The molecular weight excluding hydrogens is 826 g/mol. The molecule has 334 valence electrons. The van der Waals surface area contributed by atoms with Crippen LogP contribution in [0, 0.1) is 17.8 Å². The Balaban J connectivity index is 1.07. The number of benzene rings is 4. The standard InChI is InChI=1S/C54H60BN3O6Si/c1-54(2,3)65(44-17-9-5-10-18-44,45-19-11-6-12-20-45)63-37-41-34-46-51(53(61)58(52(46)60)42-28-31-57(32-29-42)36-39-15-7-4-8-16-39)47-35-55(62)64-49(50(41)47)27-24-40(48-21-13-14-30-56-48)33-38-22-25-43(59)26-23-38/h4-23,25-26,30,33,42,46-47,49,51,59,62H,24,27-29,31-32,34-37H2,1-3H3/b40-33-/t46-,47+,49-,51-/m1/s1. The van der Waals surface area contributed by atoms with Crippen molar-refractivity contribution in [1.29, 1.82) is 0 Å². The maximum absolute atomic E-state index is 15.0. The van der Waals surface area contributed by atoms with Crippen LogP contribution in [0.15, 0.2) is 151 Å². The Bertz CT molecular complexity index is 2450. The van der Waals surface area contributed by atoms with E-state index in [1.165, 1.54) is 5.56 Å². The Morgan fingerprint density at radius 1 is 0.831 bits per heavy atom. The van der Waals surface area contributed by atoms with E-state index in [0.29, 0.717) is 19.3 Å². The lowest BCUT2D eigenvalue weighted by Crippen LogP contribution is -2.66. The molecule has 0 saturated carbocycles. The van der Waals surface area contributed by atoms with E-state index < -0.39 is 33.4 Å². The van der Waals surface area contributed by atoms with Gasteiger partial charge in [-0.15, -0.1) is 0 Å². The van der Waals surface area contributed by atoms with Crippen molar-refractivity contribution in [2.45, 2.75) is 82.9 Å². The second-order valence-electron chi connectivity index (χ2n) is 19.3. The third kappa shape index (κ3) is 9.22. The number of piperidine rings is 1. The second kappa shape index (κ2) is 19.2. The van der Waals surface area contributed by atoms with Crippen LogP contribution in [0.2, 0.25) is 11.4 Å². The number of hydrogen-bond acceptors (Lipinski definition) is 8. The van der Waals surface area contributed by atoms with Crippen molar-refractivity contribution in [3.05, 3.63) is 168 Å². The zero-order chi connectivity index (χ0) is 45.1. The van der Waals surface area contributed by atoms with Crippen molar-refractivity contribution in [3.63, 3.8) is 0 Å². The highest BCUT2D eigenvalue weighted by molar-refractivity contribution is 6.99. The Kier molecular flexibility index (Phi) is 13.2. The van der Waals surface area contributed by atoms with Crippen molar-refractivity contribution >= 4 is 49.3 Å². The molecule has 1 aliphatic carbocycles. The van der Waals surface area contributed by atoms with Crippen molar-refractivity contribution in [2.24, 2.45) is 17.8 Å². The van der Waals surface area contributed by atoms with Gasteiger partial charge < -0.3 is 19.2 Å². The van der Waals surface area contributed by atoms with E-state index in [1.54, 1.807) is 23.2 Å². The molecule has 0 unspecified atom stereocenters. The number of rotatable bonds is 13. The molecule has 3 fully saturated rings. The van der Waals surface area contributed by atoms with Gasteiger partial charge in [0, 0.05) is 31.9 Å². The predicted octanol–water partition coefficient (Wildman–Crippen LogP) is 8.15. The number of likely N-dealkylation sites (tertiary alicyclic amines) is 2. The molecule has 1 aromatic heterocycles. The summed E-state index contributed by atoms with van der Waals surface area (Å²) in [4.78, 5) is 38.6. The quantitative estimate of drug-likeness (QED) is 0.0693. The number of aromatic hydroxyl groups is 1. The summed E-state index contributed by atoms with van der Waals surface area (Å²) in [5.41, 5.74) is 5.98. The molecule has 3 aliphatic heterocycles. The molecule has 65 heavy (non-hydrogen) atoms. The van der Waals surface area contributed by atoms with Crippen molar-refractivity contribution in [3.8, 4) is 5.75 Å². The van der Waals surface area contributed by atoms with Crippen LogP contribution in [0.25, 0.3) is 11.6 Å². The van der Waals surface area contributed by atoms with Crippen LogP contribution in [0.1, 0.15) is 69.7 Å². The largest absolute Gasteiger partial charge is 0.508 e. The first-order chi connectivity index (χ1) is 31.5. The third-order valence-electron chi connectivity index (χ3n) is 14.3. The molecule has 2 amide bonds.